The molecule has 0 bridgehead atoms. The molecule has 0 spiro atoms. The van der Waals surface area contributed by atoms with Crippen LogP contribution >= 0.6 is 23.7 Å². The quantitative estimate of drug-likeness (QED) is 0.909. The van der Waals surface area contributed by atoms with Crippen LogP contribution in [-0.4, -0.2) is 29.9 Å². The molecule has 102 valence electrons. The van der Waals surface area contributed by atoms with Gasteiger partial charge in [-0.25, -0.2) is 0 Å². The van der Waals surface area contributed by atoms with Gasteiger partial charge in [-0.05, 0) is 49.6 Å². The summed E-state index contributed by atoms with van der Waals surface area (Å²) >= 11 is 1.54. The zero-order valence-electron chi connectivity index (χ0n) is 10.9. The average Bonchev–Trinajstić information content (AvgIpc) is 2.74. The van der Waals surface area contributed by atoms with Gasteiger partial charge in [-0.1, -0.05) is 0 Å². The third kappa shape index (κ3) is 3.25. The fraction of sp³-hybridized carbons (Fsp3) is 0.615. The summed E-state index contributed by atoms with van der Waals surface area (Å²) in [6.07, 6.45) is 2.07. The monoisotopic (exact) mass is 288 g/mol. The first-order valence-electron chi connectivity index (χ1n) is 6.18. The van der Waals surface area contributed by atoms with Gasteiger partial charge in [0, 0.05) is 19.1 Å². The Bertz CT molecular complexity index is 397. The van der Waals surface area contributed by atoms with Gasteiger partial charge in [0.1, 0.15) is 0 Å². The predicted octanol–water partition coefficient (Wildman–Crippen LogP) is 2.68. The smallest absolute Gasteiger partial charge is 0.264 e. The first-order valence-corrected chi connectivity index (χ1v) is 7.06. The summed E-state index contributed by atoms with van der Waals surface area (Å²) < 4.78 is 0. The second-order valence-electron chi connectivity index (χ2n) is 4.92. The number of thiophene rings is 1. The van der Waals surface area contributed by atoms with Crippen molar-refractivity contribution < 1.29 is 4.79 Å². The van der Waals surface area contributed by atoms with Gasteiger partial charge in [0.05, 0.1) is 4.88 Å². The highest BCUT2D eigenvalue weighted by atomic mass is 35.5. The minimum absolute atomic E-state index is 0. The molecule has 0 saturated carbocycles. The number of amides is 1. The van der Waals surface area contributed by atoms with Crippen molar-refractivity contribution in [3.05, 3.63) is 21.9 Å². The van der Waals surface area contributed by atoms with Crippen molar-refractivity contribution in [3.8, 4) is 0 Å². The molecule has 1 atom stereocenters. The summed E-state index contributed by atoms with van der Waals surface area (Å²) in [4.78, 5) is 15.1. The maximum atomic E-state index is 12.3. The van der Waals surface area contributed by atoms with Crippen LogP contribution < -0.4 is 5.73 Å². The van der Waals surface area contributed by atoms with E-state index in [1.54, 1.807) is 11.3 Å². The first-order chi connectivity index (χ1) is 8.09. The Kier molecular flexibility index (Phi) is 5.63. The molecule has 1 aliphatic rings. The maximum absolute atomic E-state index is 12.3. The molecule has 1 saturated heterocycles. The van der Waals surface area contributed by atoms with Crippen molar-refractivity contribution >= 4 is 29.7 Å². The van der Waals surface area contributed by atoms with E-state index in [0.29, 0.717) is 5.92 Å². The molecule has 1 aliphatic heterocycles. The molecule has 2 N–H and O–H groups in total. The van der Waals surface area contributed by atoms with Crippen LogP contribution in [0.2, 0.25) is 0 Å². The van der Waals surface area contributed by atoms with Crippen LogP contribution in [0.5, 0.6) is 0 Å². The van der Waals surface area contributed by atoms with Crippen LogP contribution in [0.15, 0.2) is 11.4 Å². The third-order valence-electron chi connectivity index (χ3n) is 3.63. The van der Waals surface area contributed by atoms with Crippen molar-refractivity contribution in [1.82, 2.24) is 4.90 Å². The van der Waals surface area contributed by atoms with Gasteiger partial charge < -0.3 is 10.6 Å². The van der Waals surface area contributed by atoms with Crippen LogP contribution in [-0.2, 0) is 0 Å². The molecule has 1 aromatic rings. The van der Waals surface area contributed by atoms with Gasteiger partial charge in [-0.15, -0.1) is 23.7 Å². The molecule has 2 heterocycles. The van der Waals surface area contributed by atoms with Crippen molar-refractivity contribution in [1.29, 1.82) is 0 Å². The number of nitrogens with zero attached hydrogens (tertiary/aromatic N) is 1. The number of hydrogen-bond donors (Lipinski definition) is 1. The highest BCUT2D eigenvalue weighted by Gasteiger charge is 2.26. The SMILES string of the molecule is Cc1ccsc1C(=O)N1CCC(C(C)N)CC1.Cl. The zero-order chi connectivity index (χ0) is 12.4. The van der Waals surface area contributed by atoms with Crippen molar-refractivity contribution in [3.63, 3.8) is 0 Å². The normalized spacial score (nSPS) is 18.3. The lowest BCUT2D eigenvalue weighted by Crippen LogP contribution is -2.42. The van der Waals surface area contributed by atoms with E-state index >= 15 is 0 Å². The number of aryl methyl sites for hydroxylation is 1. The lowest BCUT2D eigenvalue weighted by Gasteiger charge is -2.33. The number of piperidine rings is 1. The number of carbonyl (C=O) groups is 1. The Morgan fingerprint density at radius 3 is 2.56 bits per heavy atom. The number of rotatable bonds is 2. The summed E-state index contributed by atoms with van der Waals surface area (Å²) in [6, 6.07) is 2.25. The molecule has 1 unspecified atom stereocenters. The molecule has 5 heteroatoms. The molecule has 1 aromatic heterocycles. The van der Waals surface area contributed by atoms with Gasteiger partial charge >= 0.3 is 0 Å². The molecule has 18 heavy (non-hydrogen) atoms. The van der Waals surface area contributed by atoms with E-state index in [1.165, 1.54) is 0 Å². The average molecular weight is 289 g/mol. The second-order valence-corrected chi connectivity index (χ2v) is 5.84. The van der Waals surface area contributed by atoms with Crippen LogP contribution in [0.1, 0.15) is 35.0 Å². The number of hydrogen-bond acceptors (Lipinski definition) is 3. The topological polar surface area (TPSA) is 46.3 Å². The minimum atomic E-state index is 0. The summed E-state index contributed by atoms with van der Waals surface area (Å²) in [6.45, 7) is 5.76. The van der Waals surface area contributed by atoms with Gasteiger partial charge in [0.15, 0.2) is 0 Å². The number of carbonyl (C=O) groups excluding carboxylic acids is 1. The van der Waals surface area contributed by atoms with E-state index < -0.39 is 0 Å². The number of nitrogens with two attached hydrogens (primary N) is 1. The summed E-state index contributed by atoms with van der Waals surface area (Å²) in [5.74, 6) is 0.768. The third-order valence-corrected chi connectivity index (χ3v) is 4.63. The Hall–Kier alpha value is -0.580. The van der Waals surface area contributed by atoms with Gasteiger partial charge in [0.2, 0.25) is 0 Å². The van der Waals surface area contributed by atoms with E-state index in [0.717, 1.165) is 36.4 Å². The Morgan fingerprint density at radius 1 is 1.50 bits per heavy atom. The molecule has 1 fully saturated rings. The molecule has 1 amide bonds. The maximum Gasteiger partial charge on any atom is 0.264 e. The van der Waals surface area contributed by atoms with E-state index in [1.807, 2.05) is 23.3 Å². The lowest BCUT2D eigenvalue weighted by molar-refractivity contribution is 0.0685. The lowest BCUT2D eigenvalue weighted by atomic mass is 9.91. The molecule has 3 nitrogen and oxygen atoms in total. The largest absolute Gasteiger partial charge is 0.338 e. The second kappa shape index (κ2) is 6.55. The van der Waals surface area contributed by atoms with Crippen molar-refractivity contribution in [2.24, 2.45) is 11.7 Å². The van der Waals surface area contributed by atoms with Crippen LogP contribution in [0.3, 0.4) is 0 Å². The standard InChI is InChI=1S/C13H20N2OS.ClH/c1-9-5-8-17-12(9)13(16)15-6-3-11(4-7-15)10(2)14;/h5,8,10-11H,3-4,6-7,14H2,1-2H3;1H. The van der Waals surface area contributed by atoms with Crippen molar-refractivity contribution in [2.45, 2.75) is 32.7 Å². The van der Waals surface area contributed by atoms with Gasteiger partial charge in [-0.3, -0.25) is 4.79 Å². The summed E-state index contributed by atoms with van der Waals surface area (Å²) in [5.41, 5.74) is 7.00. The molecular formula is C13H21ClN2OS. The highest BCUT2D eigenvalue weighted by molar-refractivity contribution is 7.12. The zero-order valence-corrected chi connectivity index (χ0v) is 12.5. The van der Waals surface area contributed by atoms with Crippen molar-refractivity contribution in [2.75, 3.05) is 13.1 Å². The van der Waals surface area contributed by atoms with Gasteiger partial charge in [0.25, 0.3) is 5.91 Å². The minimum Gasteiger partial charge on any atom is -0.338 e. The number of halogens is 1. The Morgan fingerprint density at radius 2 is 2.11 bits per heavy atom. The molecule has 0 aromatic carbocycles. The van der Waals surface area contributed by atoms with E-state index in [-0.39, 0.29) is 24.4 Å². The van der Waals surface area contributed by atoms with Crippen LogP contribution in [0, 0.1) is 12.8 Å². The predicted molar refractivity (Wildman–Crippen MR) is 78.6 cm³/mol. The molecular weight excluding hydrogens is 268 g/mol. The van der Waals surface area contributed by atoms with Crippen LogP contribution in [0.25, 0.3) is 0 Å². The Labute approximate surface area is 119 Å². The van der Waals surface area contributed by atoms with Crippen LogP contribution in [0.4, 0.5) is 0 Å². The number of likely N-dealkylation sites (tertiary alicyclic amines) is 1. The fourth-order valence-electron chi connectivity index (χ4n) is 2.36. The molecule has 0 aliphatic carbocycles. The highest BCUT2D eigenvalue weighted by Crippen LogP contribution is 2.23. The van der Waals surface area contributed by atoms with E-state index in [2.05, 4.69) is 6.92 Å². The Balaban J connectivity index is 0.00000162. The van der Waals surface area contributed by atoms with E-state index in [4.69, 9.17) is 5.73 Å². The van der Waals surface area contributed by atoms with Gasteiger partial charge in [-0.2, -0.15) is 0 Å². The first kappa shape index (κ1) is 15.5. The fourth-order valence-corrected chi connectivity index (χ4v) is 3.26. The van der Waals surface area contributed by atoms with E-state index in [9.17, 15) is 4.79 Å². The summed E-state index contributed by atoms with van der Waals surface area (Å²) in [7, 11) is 0. The summed E-state index contributed by atoms with van der Waals surface area (Å²) in [5, 5.41) is 1.98. The molecule has 2 rings (SSSR count). The molecule has 0 radical (unpaired) electrons.